The smallest absolute Gasteiger partial charge is 0.374 e. The van der Waals surface area contributed by atoms with E-state index in [9.17, 15) is 9.59 Å². The minimum absolute atomic E-state index is 0.00907. The zero-order chi connectivity index (χ0) is 15.8. The van der Waals surface area contributed by atoms with Gasteiger partial charge in [0.05, 0.1) is 0 Å². The second-order valence-corrected chi connectivity index (χ2v) is 6.75. The van der Waals surface area contributed by atoms with E-state index in [2.05, 4.69) is 25.8 Å². The minimum Gasteiger partial charge on any atom is -0.476 e. The van der Waals surface area contributed by atoms with Crippen LogP contribution in [0.25, 0.3) is 0 Å². The Morgan fingerprint density at radius 2 is 1.67 bits per heavy atom. The molecule has 1 saturated carbocycles. The minimum atomic E-state index is -1.39. The summed E-state index contributed by atoms with van der Waals surface area (Å²) in [6.07, 6.45) is 3.73. The van der Waals surface area contributed by atoms with Crippen LogP contribution >= 0.6 is 0 Å². The van der Waals surface area contributed by atoms with Gasteiger partial charge in [-0.15, -0.1) is 0 Å². The van der Waals surface area contributed by atoms with Crippen molar-refractivity contribution in [2.75, 3.05) is 0 Å². The molecule has 1 heterocycles. The quantitative estimate of drug-likeness (QED) is 0.886. The van der Waals surface area contributed by atoms with Crippen LogP contribution in [0.4, 0.5) is 0 Å². The van der Waals surface area contributed by atoms with Crippen molar-refractivity contribution in [2.24, 2.45) is 11.3 Å². The molecular formula is C15H21NO5. The van der Waals surface area contributed by atoms with E-state index in [4.69, 9.17) is 14.6 Å². The second kappa shape index (κ2) is 5.50. The van der Waals surface area contributed by atoms with Crippen LogP contribution in [0.2, 0.25) is 0 Å². The van der Waals surface area contributed by atoms with Crippen molar-refractivity contribution in [3.63, 3.8) is 0 Å². The van der Waals surface area contributed by atoms with Crippen molar-refractivity contribution in [3.05, 3.63) is 17.3 Å². The summed E-state index contributed by atoms with van der Waals surface area (Å²) in [7, 11) is 0. The number of carbonyl (C=O) groups is 2. The Kier molecular flexibility index (Phi) is 4.07. The number of nitrogens with zero attached hydrogens (tertiary/aromatic N) is 1. The number of rotatable bonds is 3. The lowest BCUT2D eigenvalue weighted by molar-refractivity contribution is 0.0622. The maximum absolute atomic E-state index is 11.0. The van der Waals surface area contributed by atoms with Gasteiger partial charge in [-0.05, 0) is 37.0 Å². The Labute approximate surface area is 123 Å². The Morgan fingerprint density at radius 3 is 2.05 bits per heavy atom. The highest BCUT2D eigenvalue weighted by molar-refractivity contribution is 5.98. The van der Waals surface area contributed by atoms with Gasteiger partial charge in [0, 0.05) is 5.92 Å². The monoisotopic (exact) mass is 295 g/mol. The van der Waals surface area contributed by atoms with Crippen molar-refractivity contribution in [3.8, 4) is 0 Å². The third kappa shape index (κ3) is 3.25. The van der Waals surface area contributed by atoms with Gasteiger partial charge in [-0.2, -0.15) is 0 Å². The number of aromatic carboxylic acids is 2. The summed E-state index contributed by atoms with van der Waals surface area (Å²) < 4.78 is 5.21. The summed E-state index contributed by atoms with van der Waals surface area (Å²) in [6.45, 7) is 6.65. The molecule has 0 aliphatic heterocycles. The molecular weight excluding hydrogens is 274 g/mol. The Morgan fingerprint density at radius 1 is 1.10 bits per heavy atom. The predicted octanol–water partition coefficient (Wildman–Crippen LogP) is 3.39. The average Bonchev–Trinajstić information content (AvgIpc) is 2.83. The molecule has 0 atom stereocenters. The van der Waals surface area contributed by atoms with Gasteiger partial charge in [-0.1, -0.05) is 20.8 Å². The Hall–Kier alpha value is -1.85. The van der Waals surface area contributed by atoms with Crippen LogP contribution in [-0.2, 0) is 0 Å². The van der Waals surface area contributed by atoms with E-state index >= 15 is 0 Å². The van der Waals surface area contributed by atoms with Crippen LogP contribution in [-0.4, -0.2) is 27.1 Å². The van der Waals surface area contributed by atoms with Crippen molar-refractivity contribution in [2.45, 2.75) is 52.4 Å². The number of carboxylic acid groups (broad SMARTS) is 2. The number of hydrogen-bond acceptors (Lipinski definition) is 4. The van der Waals surface area contributed by atoms with Gasteiger partial charge in [0.1, 0.15) is 0 Å². The number of oxazole rings is 1. The zero-order valence-corrected chi connectivity index (χ0v) is 12.5. The highest BCUT2D eigenvalue weighted by Crippen LogP contribution is 2.43. The maximum atomic E-state index is 11.0. The summed E-state index contributed by atoms with van der Waals surface area (Å²) in [5, 5.41) is 18.0. The molecule has 1 aromatic rings. The Balaban J connectivity index is 2.16. The van der Waals surface area contributed by atoms with Crippen molar-refractivity contribution >= 4 is 11.9 Å². The summed E-state index contributed by atoms with van der Waals surface area (Å²) in [5.41, 5.74) is -0.254. The summed E-state index contributed by atoms with van der Waals surface area (Å²) in [6, 6.07) is 0. The maximum Gasteiger partial charge on any atom is 0.374 e. The molecule has 0 saturated heterocycles. The fourth-order valence-corrected chi connectivity index (χ4v) is 3.01. The van der Waals surface area contributed by atoms with Gasteiger partial charge in [-0.25, -0.2) is 14.6 Å². The van der Waals surface area contributed by atoms with Gasteiger partial charge < -0.3 is 14.6 Å². The molecule has 0 spiro atoms. The highest BCUT2D eigenvalue weighted by atomic mass is 16.4. The fraction of sp³-hybridized carbons (Fsp3) is 0.667. The molecule has 1 aliphatic carbocycles. The van der Waals surface area contributed by atoms with E-state index in [0.29, 0.717) is 5.92 Å². The SMILES string of the molecule is CC(C)(C)C1CCC(c2nc(C(=O)O)c(C(=O)O)o2)CC1. The highest BCUT2D eigenvalue weighted by Gasteiger charge is 2.34. The third-order valence-corrected chi connectivity index (χ3v) is 4.34. The topological polar surface area (TPSA) is 101 Å². The van der Waals surface area contributed by atoms with E-state index in [-0.39, 0.29) is 17.2 Å². The zero-order valence-electron chi connectivity index (χ0n) is 12.5. The second-order valence-electron chi connectivity index (χ2n) is 6.75. The molecule has 0 radical (unpaired) electrons. The van der Waals surface area contributed by atoms with E-state index in [1.54, 1.807) is 0 Å². The van der Waals surface area contributed by atoms with Crippen LogP contribution in [0.3, 0.4) is 0 Å². The molecule has 21 heavy (non-hydrogen) atoms. The first-order chi connectivity index (χ1) is 9.70. The molecule has 1 aliphatic rings. The number of hydrogen-bond donors (Lipinski definition) is 2. The van der Waals surface area contributed by atoms with E-state index < -0.39 is 23.4 Å². The molecule has 0 bridgehead atoms. The largest absolute Gasteiger partial charge is 0.476 e. The van der Waals surface area contributed by atoms with Gasteiger partial charge in [0.15, 0.2) is 5.89 Å². The van der Waals surface area contributed by atoms with Crippen LogP contribution in [0.15, 0.2) is 4.42 Å². The first-order valence-electron chi connectivity index (χ1n) is 7.17. The molecule has 0 amide bonds. The molecule has 2 rings (SSSR count). The summed E-state index contributed by atoms with van der Waals surface area (Å²) in [5.74, 6) is -2.47. The van der Waals surface area contributed by atoms with Crippen molar-refractivity contribution in [1.29, 1.82) is 0 Å². The number of aromatic nitrogens is 1. The third-order valence-electron chi connectivity index (χ3n) is 4.34. The van der Waals surface area contributed by atoms with Crippen LogP contribution in [0.5, 0.6) is 0 Å². The van der Waals surface area contributed by atoms with Crippen molar-refractivity contribution in [1.82, 2.24) is 4.98 Å². The molecule has 116 valence electrons. The first-order valence-corrected chi connectivity index (χ1v) is 7.17. The normalized spacial score (nSPS) is 23.0. The first kappa shape index (κ1) is 15.5. The van der Waals surface area contributed by atoms with Crippen molar-refractivity contribution < 1.29 is 24.2 Å². The lowest BCUT2D eigenvalue weighted by Crippen LogP contribution is -2.25. The van der Waals surface area contributed by atoms with Gasteiger partial charge >= 0.3 is 11.9 Å². The average molecular weight is 295 g/mol. The van der Waals surface area contributed by atoms with Crippen LogP contribution < -0.4 is 0 Å². The lowest BCUT2D eigenvalue weighted by atomic mass is 9.70. The van der Waals surface area contributed by atoms with Gasteiger partial charge in [-0.3, -0.25) is 0 Å². The molecule has 0 unspecified atom stereocenters. The Bertz CT molecular complexity index is 515. The molecule has 6 heteroatoms. The fourth-order valence-electron chi connectivity index (χ4n) is 3.01. The van der Waals surface area contributed by atoms with E-state index in [0.717, 1.165) is 25.7 Å². The standard InChI is InChI=1S/C15H21NO5/c1-15(2,3)9-6-4-8(5-7-9)12-16-10(13(17)18)11(21-12)14(19)20/h8-9H,4-7H2,1-3H3,(H,17,18)(H,19,20). The van der Waals surface area contributed by atoms with Gasteiger partial charge in [0.25, 0.3) is 0 Å². The van der Waals surface area contributed by atoms with E-state index in [1.807, 2.05) is 0 Å². The molecule has 1 aromatic heterocycles. The molecule has 0 aromatic carbocycles. The summed E-state index contributed by atoms with van der Waals surface area (Å²) in [4.78, 5) is 25.9. The van der Waals surface area contributed by atoms with Crippen LogP contribution in [0.1, 0.15) is 79.3 Å². The number of carboxylic acids is 2. The van der Waals surface area contributed by atoms with Crippen LogP contribution in [0, 0.1) is 11.3 Å². The summed E-state index contributed by atoms with van der Waals surface area (Å²) >= 11 is 0. The van der Waals surface area contributed by atoms with Gasteiger partial charge in [0.2, 0.25) is 11.5 Å². The lowest BCUT2D eigenvalue weighted by Gasteiger charge is -2.36. The van der Waals surface area contributed by atoms with E-state index in [1.165, 1.54) is 0 Å². The molecule has 2 N–H and O–H groups in total. The predicted molar refractivity (Wildman–Crippen MR) is 74.6 cm³/mol. The molecule has 6 nitrogen and oxygen atoms in total. The molecule has 1 fully saturated rings.